The average molecular weight is 536 g/mol. The summed E-state index contributed by atoms with van der Waals surface area (Å²) in [5.74, 6) is -0.119. The maximum Gasteiger partial charge on any atom is 0.344 e. The number of thioether (sulfide) groups is 1. The van der Waals surface area contributed by atoms with Gasteiger partial charge in [0.2, 0.25) is 0 Å². The fraction of sp³-hybridized carbons (Fsp3) is 0.111. The molecule has 3 aromatic carbocycles. The number of hydrogen-bond acceptors (Lipinski definition) is 6. The fourth-order valence-electron chi connectivity index (χ4n) is 3.25. The number of aliphatic hydroxyl groups is 1. The molecule has 0 radical (unpaired) electrons. The molecule has 0 fully saturated rings. The van der Waals surface area contributed by atoms with Crippen LogP contribution in [0.15, 0.2) is 105 Å². The van der Waals surface area contributed by atoms with Crippen LogP contribution in [0.1, 0.15) is 18.1 Å². The molecule has 34 heavy (non-hydrogen) atoms. The molecule has 1 N–H and O–H groups in total. The summed E-state index contributed by atoms with van der Waals surface area (Å²) >= 11 is 4.72. The number of carbonyl (C=O) groups excluding carboxylic acids is 1. The van der Waals surface area contributed by atoms with Crippen LogP contribution in [0.25, 0.3) is 6.08 Å². The Kier molecular flexibility index (Phi) is 7.87. The summed E-state index contributed by atoms with van der Waals surface area (Å²) in [5, 5.41) is 11.4. The van der Waals surface area contributed by atoms with E-state index in [0.717, 1.165) is 15.6 Å². The molecule has 0 aromatic heterocycles. The lowest BCUT2D eigenvalue weighted by Crippen LogP contribution is -2.12. The molecule has 0 spiro atoms. The minimum atomic E-state index is -0.611. The van der Waals surface area contributed by atoms with Crippen LogP contribution in [-0.4, -0.2) is 22.7 Å². The second-order valence-electron chi connectivity index (χ2n) is 7.26. The van der Waals surface area contributed by atoms with Crippen molar-refractivity contribution in [3.63, 3.8) is 0 Å². The molecule has 1 aliphatic rings. The molecule has 0 saturated heterocycles. The summed E-state index contributed by atoms with van der Waals surface area (Å²) in [6.07, 6.45) is 1.79. The van der Waals surface area contributed by atoms with Gasteiger partial charge in [-0.1, -0.05) is 76.2 Å². The van der Waals surface area contributed by atoms with Crippen molar-refractivity contribution in [3.8, 4) is 5.75 Å². The Morgan fingerprint density at radius 1 is 1.06 bits per heavy atom. The number of ether oxygens (including phenoxy) is 2. The molecule has 5 nitrogen and oxygen atoms in total. The topological polar surface area (TPSA) is 68.1 Å². The standard InChI is InChI=1S/C27H22BrNO4S/c1-2-32-27(31)24-25(30)23(34-26(24)29-21-11-7-4-8-12-21)16-19-15-20(28)13-14-22(19)33-17-18-9-5-3-6-10-18/h3-16,30H,2,17H2,1H3/b23-16-,29-26?. The van der Waals surface area contributed by atoms with Crippen molar-refractivity contribution in [1.29, 1.82) is 0 Å². The van der Waals surface area contributed by atoms with Crippen molar-refractivity contribution in [1.82, 2.24) is 0 Å². The van der Waals surface area contributed by atoms with Gasteiger partial charge in [-0.05, 0) is 48.9 Å². The third-order valence-electron chi connectivity index (χ3n) is 4.85. The Bertz CT molecular complexity index is 1270. The molecule has 0 unspecified atom stereocenters. The van der Waals surface area contributed by atoms with Crippen molar-refractivity contribution < 1.29 is 19.4 Å². The summed E-state index contributed by atoms with van der Waals surface area (Å²) in [4.78, 5) is 17.7. The molecule has 0 amide bonds. The van der Waals surface area contributed by atoms with Gasteiger partial charge in [0, 0.05) is 10.0 Å². The number of hydrogen-bond donors (Lipinski definition) is 1. The van der Waals surface area contributed by atoms with Gasteiger partial charge in [-0.3, -0.25) is 0 Å². The van der Waals surface area contributed by atoms with E-state index in [2.05, 4.69) is 20.9 Å². The first-order chi connectivity index (χ1) is 16.5. The predicted octanol–water partition coefficient (Wildman–Crippen LogP) is 7.22. The van der Waals surface area contributed by atoms with Crippen LogP contribution in [-0.2, 0) is 16.1 Å². The van der Waals surface area contributed by atoms with Crippen LogP contribution in [0, 0.1) is 0 Å². The Morgan fingerprint density at radius 2 is 1.76 bits per heavy atom. The van der Waals surface area contributed by atoms with Crippen molar-refractivity contribution in [3.05, 3.63) is 111 Å². The lowest BCUT2D eigenvalue weighted by molar-refractivity contribution is -0.138. The molecule has 1 aliphatic heterocycles. The zero-order chi connectivity index (χ0) is 23.9. The van der Waals surface area contributed by atoms with E-state index in [9.17, 15) is 9.90 Å². The first-order valence-corrected chi connectivity index (χ1v) is 12.3. The SMILES string of the molecule is CCOC(=O)C1=C(O)/C(=C/c2cc(Br)ccc2OCc2ccccc2)SC1=Nc1ccccc1. The summed E-state index contributed by atoms with van der Waals surface area (Å²) in [6, 6.07) is 24.8. The van der Waals surface area contributed by atoms with E-state index in [1.807, 2.05) is 78.9 Å². The highest BCUT2D eigenvalue weighted by molar-refractivity contribution is 9.10. The number of benzene rings is 3. The zero-order valence-corrected chi connectivity index (χ0v) is 20.8. The highest BCUT2D eigenvalue weighted by Crippen LogP contribution is 2.41. The van der Waals surface area contributed by atoms with Gasteiger partial charge in [0.05, 0.1) is 17.2 Å². The Balaban J connectivity index is 1.70. The lowest BCUT2D eigenvalue weighted by Gasteiger charge is -2.11. The van der Waals surface area contributed by atoms with E-state index in [1.165, 1.54) is 11.8 Å². The number of rotatable bonds is 7. The zero-order valence-electron chi connectivity index (χ0n) is 18.4. The molecular formula is C27H22BrNO4S. The summed E-state index contributed by atoms with van der Waals surface area (Å²) in [7, 11) is 0. The molecule has 0 saturated carbocycles. The highest BCUT2D eigenvalue weighted by Gasteiger charge is 2.33. The summed E-state index contributed by atoms with van der Waals surface area (Å²) in [5.41, 5.74) is 2.53. The lowest BCUT2D eigenvalue weighted by atomic mass is 10.1. The smallest absolute Gasteiger partial charge is 0.344 e. The quantitative estimate of drug-likeness (QED) is 0.323. The molecule has 7 heteroatoms. The van der Waals surface area contributed by atoms with Crippen LogP contribution in [0.5, 0.6) is 5.75 Å². The maximum atomic E-state index is 12.6. The first-order valence-electron chi connectivity index (χ1n) is 10.7. The number of carbonyl (C=O) groups is 1. The second-order valence-corrected chi connectivity index (χ2v) is 9.21. The largest absolute Gasteiger partial charge is 0.506 e. The average Bonchev–Trinajstić information content (AvgIpc) is 3.14. The Hall–Kier alpha value is -3.29. The van der Waals surface area contributed by atoms with Gasteiger partial charge in [-0.15, -0.1) is 0 Å². The van der Waals surface area contributed by atoms with E-state index in [-0.39, 0.29) is 17.9 Å². The molecule has 3 aromatic rings. The molecule has 4 rings (SSSR count). The van der Waals surface area contributed by atoms with Crippen molar-refractivity contribution in [2.75, 3.05) is 6.61 Å². The Morgan fingerprint density at radius 3 is 2.47 bits per heavy atom. The van der Waals surface area contributed by atoms with E-state index in [0.29, 0.717) is 28.0 Å². The minimum Gasteiger partial charge on any atom is -0.506 e. The monoisotopic (exact) mass is 535 g/mol. The van der Waals surface area contributed by atoms with E-state index in [4.69, 9.17) is 9.47 Å². The number of nitrogens with zero attached hydrogens (tertiary/aromatic N) is 1. The minimum absolute atomic E-state index is 0.0590. The van der Waals surface area contributed by atoms with E-state index >= 15 is 0 Å². The highest BCUT2D eigenvalue weighted by atomic mass is 79.9. The summed E-state index contributed by atoms with van der Waals surface area (Å²) in [6.45, 7) is 2.32. The molecule has 172 valence electrons. The van der Waals surface area contributed by atoms with Gasteiger partial charge in [0.1, 0.15) is 28.7 Å². The van der Waals surface area contributed by atoms with Gasteiger partial charge in [0.15, 0.2) is 0 Å². The van der Waals surface area contributed by atoms with Crippen LogP contribution in [0.4, 0.5) is 5.69 Å². The molecule has 0 atom stereocenters. The summed E-state index contributed by atoms with van der Waals surface area (Å²) < 4.78 is 12.1. The molecule has 1 heterocycles. The van der Waals surface area contributed by atoms with Crippen molar-refractivity contribution >= 4 is 50.5 Å². The van der Waals surface area contributed by atoms with Gasteiger partial charge in [0.25, 0.3) is 0 Å². The number of aliphatic imine (C=N–C) groups is 1. The van der Waals surface area contributed by atoms with E-state index < -0.39 is 5.97 Å². The molecule has 0 aliphatic carbocycles. The van der Waals surface area contributed by atoms with Crippen molar-refractivity contribution in [2.45, 2.75) is 13.5 Å². The number of aliphatic hydroxyl groups excluding tert-OH is 1. The Labute approximate surface area is 211 Å². The normalized spacial score (nSPS) is 15.7. The van der Waals surface area contributed by atoms with Gasteiger partial charge < -0.3 is 14.6 Å². The van der Waals surface area contributed by atoms with Crippen LogP contribution in [0.2, 0.25) is 0 Å². The van der Waals surface area contributed by atoms with Crippen LogP contribution >= 0.6 is 27.7 Å². The third-order valence-corrected chi connectivity index (χ3v) is 6.37. The first kappa shape index (κ1) is 23.9. The van der Waals surface area contributed by atoms with Gasteiger partial charge in [-0.25, -0.2) is 9.79 Å². The van der Waals surface area contributed by atoms with Gasteiger partial charge in [-0.2, -0.15) is 0 Å². The van der Waals surface area contributed by atoms with Gasteiger partial charge >= 0.3 is 5.97 Å². The third kappa shape index (κ3) is 5.79. The van der Waals surface area contributed by atoms with Crippen LogP contribution < -0.4 is 4.74 Å². The number of halogens is 1. The predicted molar refractivity (Wildman–Crippen MR) is 140 cm³/mol. The number of esters is 1. The maximum absolute atomic E-state index is 12.6. The van der Waals surface area contributed by atoms with E-state index in [1.54, 1.807) is 13.0 Å². The second kappa shape index (κ2) is 11.2. The van der Waals surface area contributed by atoms with Crippen molar-refractivity contribution in [2.24, 2.45) is 4.99 Å². The fourth-order valence-corrected chi connectivity index (χ4v) is 4.66. The molecule has 0 bridgehead atoms. The molecular weight excluding hydrogens is 514 g/mol. The number of para-hydroxylation sites is 1. The van der Waals surface area contributed by atoms with Crippen LogP contribution in [0.3, 0.4) is 0 Å².